The van der Waals surface area contributed by atoms with E-state index in [2.05, 4.69) is 404 Å². The molecule has 0 spiro atoms. The van der Waals surface area contributed by atoms with Gasteiger partial charge in [0.15, 0.2) is 57.3 Å². The predicted molar refractivity (Wildman–Crippen MR) is 663 cm³/mol. The molecule has 0 bridgehead atoms. The Bertz CT molecular complexity index is 4260. The van der Waals surface area contributed by atoms with E-state index < -0.39 is 93.4 Å². The molecule has 9 fully saturated rings. The zero-order valence-corrected chi connectivity index (χ0v) is 113. The minimum atomic E-state index is -2.09. The van der Waals surface area contributed by atoms with E-state index in [1.54, 1.807) is 11.1 Å². The molecule has 0 radical (unpaired) electrons. The number of rotatable bonds is 33. The smallest absolute Gasteiger partial charge is 0.193 e. The van der Waals surface area contributed by atoms with Crippen LogP contribution in [0, 0.1) is 69.5 Å². The monoisotopic (exact) mass is 2210 g/mol. The molecule has 18 atom stereocenters. The largest absolute Gasteiger partial charge is 0.411 e. The van der Waals surface area contributed by atoms with E-state index in [9.17, 15) is 30.6 Å². The van der Waals surface area contributed by atoms with Gasteiger partial charge in [0.05, 0.1) is 53.4 Å². The molecule has 0 saturated heterocycles. The Hall–Kier alpha value is -1.79. The number of halogens is 1. The number of fused-ring (bicyclic) bond motifs is 3. The van der Waals surface area contributed by atoms with Crippen LogP contribution in [0.3, 0.4) is 0 Å². The average molecular weight is 2210 g/mol. The van der Waals surface area contributed by atoms with Gasteiger partial charge >= 0.3 is 0 Å². The summed E-state index contributed by atoms with van der Waals surface area (Å²) < 4.78 is 42.0. The summed E-state index contributed by atoms with van der Waals surface area (Å²) in [5.41, 5.74) is 8.43. The number of aliphatic hydroxyl groups is 6. The molecular formula is C129H237ClO12Si7. The van der Waals surface area contributed by atoms with Crippen LogP contribution >= 0.6 is 11.1 Å². The molecule has 6 N–H and O–H groups in total. The standard InChI is InChI=1S/2C47H88O4Si3.C29H46O4.C6H15ClSi/c2*1-20-47(21-2,51-54(18,19)45(10,11)12)32-23-22-25-35(3)38-29-30-39-37(26-24-31-46(38,39)13)28-27-36-33-40(49-52(14,15)43(4,5)6)42(48)41(34-36)50-53(16,17)44(7,8)9;1-5-29(33,6-2)17-8-7-10-20(3)23-14-15-24-22(11-9-16-28(23,24)4)13-12-21-18-25(30)27(32)26(31)19-21;1-6(2,3)8(4,5)7/h2*22-23,25,27-28,32,35,38-42,48H,20-21,24,26,29-31,33-34H2,1-19H3;7-8,10,12-13,17,20,23-27,30-33H,5-6,9,11,14-16,18-19H2,1-4H3;1-5H3/b2*25-22+,32-23+,36-27?,37-28+;10-7+,17-8+,21-12?,22-13+;/t2*35-,38?,39?,40-,41-,42?,46?;20-,23?,24?,25-,26-,27?,28?;/m111./s1. The zero-order valence-electron chi connectivity index (χ0n) is 105. The minimum Gasteiger partial charge on any atom is -0.411 e. The van der Waals surface area contributed by atoms with Crippen molar-refractivity contribution in [3.05, 3.63) is 143 Å². The Morgan fingerprint density at radius 1 is 0.315 bits per heavy atom. The lowest BCUT2D eigenvalue weighted by Gasteiger charge is -2.47. The predicted octanol–water partition coefficient (Wildman–Crippen LogP) is 37.1. The SMILES string of the molecule is CC(C)(C)[Si](C)(C)Cl.CCC(/C=C/C=C/[C@@H](C)C1CCC2/C(=C/C=C3C[C@@H](O[Si](C)(C)C(C)(C)C)C(O)[C@H](O[Si](C)(C)C(C)(C)C)C3)CCCC21C)(CC)O[Si](C)(C)C(C)(C)C.CCC(/C=C/C=C/[C@@H](C)C1CCC2/C(=C/C=C3C[C@@H](O[Si](C)(C)C(C)(C)C)C(O)[C@H](O[Si](C)(C)C(C)(C)C)C3)CCCC21C)(CC)O[Si](C)(C)C(C)(C)C.CCC(O)(/C=C/C=C/[C@@H](C)C1CCC2/C(=C/C=C3C[C@@H](O)C(O)[C@H](O)C3)CCCC21C)CC. The molecule has 0 aliphatic heterocycles. The van der Waals surface area contributed by atoms with Crippen LogP contribution in [0.4, 0.5) is 0 Å². The Morgan fingerprint density at radius 3 is 0.758 bits per heavy atom. The first-order chi connectivity index (χ1) is 67.8. The highest BCUT2D eigenvalue weighted by Gasteiger charge is 2.57. The first kappa shape index (κ1) is 136. The molecule has 9 saturated carbocycles. The van der Waals surface area contributed by atoms with E-state index >= 15 is 0 Å². The summed E-state index contributed by atoms with van der Waals surface area (Å²) in [7, 11) is -13.5. The number of aliphatic hydroxyl groups excluding tert-OH is 5. The van der Waals surface area contributed by atoms with Crippen molar-refractivity contribution in [3.63, 3.8) is 0 Å². The van der Waals surface area contributed by atoms with Gasteiger partial charge in [0.2, 0.25) is 0 Å². The lowest BCUT2D eigenvalue weighted by molar-refractivity contribution is -0.0713. The third-order valence-corrected chi connectivity index (χ3v) is 74.8. The lowest BCUT2D eigenvalue weighted by Crippen LogP contribution is -2.55. The van der Waals surface area contributed by atoms with Crippen molar-refractivity contribution in [2.24, 2.45) is 69.5 Å². The van der Waals surface area contributed by atoms with Crippen molar-refractivity contribution in [3.8, 4) is 0 Å². The fourth-order valence-electron chi connectivity index (χ4n) is 24.4. The molecule has 0 amide bonds. The van der Waals surface area contributed by atoms with Gasteiger partial charge in [-0.15, -0.1) is 0 Å². The van der Waals surface area contributed by atoms with Crippen LogP contribution in [-0.2, 0) is 26.6 Å². The molecular weight excluding hydrogens is 1970 g/mol. The second-order valence-electron chi connectivity index (χ2n) is 60.1. The summed E-state index contributed by atoms with van der Waals surface area (Å²) in [4.78, 5) is 0. The summed E-state index contributed by atoms with van der Waals surface area (Å²) in [6.07, 6.45) is 64.8. The number of hydrogen-bond donors (Lipinski definition) is 6. The highest BCUT2D eigenvalue weighted by molar-refractivity contribution is 7.20. The molecule has 860 valence electrons. The van der Waals surface area contributed by atoms with E-state index in [-0.39, 0.29) is 65.8 Å². The second kappa shape index (κ2) is 53.0. The third kappa shape index (κ3) is 35.1. The van der Waals surface area contributed by atoms with Gasteiger partial charge in [-0.3, -0.25) is 0 Å². The first-order valence-corrected chi connectivity index (χ1v) is 81.4. The Balaban J connectivity index is 0.000000337. The van der Waals surface area contributed by atoms with Gasteiger partial charge in [-0.05, 0) is 357 Å². The second-order valence-corrected chi connectivity index (χ2v) is 95.9. The maximum absolute atomic E-state index is 11.8. The first-order valence-electron chi connectivity index (χ1n) is 60.0. The molecule has 9 aliphatic rings. The third-order valence-electron chi connectivity index (χ3n) is 42.4. The van der Waals surface area contributed by atoms with Crippen LogP contribution in [0.1, 0.15) is 402 Å². The fraction of sp³-hybridized carbons (Fsp3) is 0.814. The van der Waals surface area contributed by atoms with Crippen molar-refractivity contribution in [2.45, 2.75) is 601 Å². The molecule has 0 heterocycles. The van der Waals surface area contributed by atoms with Gasteiger partial charge in [-0.2, -0.15) is 11.1 Å². The maximum atomic E-state index is 11.8. The van der Waals surface area contributed by atoms with E-state index in [1.807, 2.05) is 26.0 Å². The summed E-state index contributed by atoms with van der Waals surface area (Å²) in [5, 5.41) is 64.9. The van der Waals surface area contributed by atoms with E-state index in [1.165, 1.54) is 107 Å². The molecule has 0 aromatic heterocycles. The van der Waals surface area contributed by atoms with Crippen LogP contribution in [0.2, 0.25) is 127 Å². The van der Waals surface area contributed by atoms with Crippen molar-refractivity contribution < 1.29 is 57.2 Å². The summed E-state index contributed by atoms with van der Waals surface area (Å²) in [6.45, 7) is 108. The minimum absolute atomic E-state index is 0.0781. The van der Waals surface area contributed by atoms with Crippen LogP contribution in [-0.4, -0.2) is 160 Å². The van der Waals surface area contributed by atoms with Gasteiger partial charge in [-0.1, -0.05) is 384 Å². The number of allylic oxidation sites excluding steroid dienone is 18. The Morgan fingerprint density at radius 2 is 0.544 bits per heavy atom. The van der Waals surface area contributed by atoms with Crippen LogP contribution in [0.15, 0.2) is 143 Å². The molecule has 20 heteroatoms. The van der Waals surface area contributed by atoms with Gasteiger partial charge in [-0.25, -0.2) is 0 Å². The van der Waals surface area contributed by atoms with Crippen LogP contribution < -0.4 is 0 Å². The summed E-state index contributed by atoms with van der Waals surface area (Å²) in [6, 6.07) is 0. The Labute approximate surface area is 931 Å². The summed E-state index contributed by atoms with van der Waals surface area (Å²) >= 11 is 6.15. The van der Waals surface area contributed by atoms with E-state index in [4.69, 9.17) is 37.6 Å². The Kier molecular flexibility index (Phi) is 48.3. The molecule has 9 aliphatic carbocycles. The molecule has 9 rings (SSSR count). The van der Waals surface area contributed by atoms with Crippen molar-refractivity contribution in [2.75, 3.05) is 0 Å². The quantitative estimate of drug-likeness (QED) is 0.0209. The van der Waals surface area contributed by atoms with Gasteiger partial charge < -0.3 is 57.2 Å². The van der Waals surface area contributed by atoms with E-state index in [0.717, 1.165) is 76.2 Å². The number of hydrogen-bond acceptors (Lipinski definition) is 12. The van der Waals surface area contributed by atoms with Gasteiger partial charge in [0.1, 0.15) is 18.3 Å². The van der Waals surface area contributed by atoms with Gasteiger partial charge in [0.25, 0.3) is 0 Å². The maximum Gasteiger partial charge on any atom is 0.193 e. The zero-order chi connectivity index (χ0) is 114. The molecule has 0 aromatic rings. The van der Waals surface area contributed by atoms with Crippen molar-refractivity contribution >= 4 is 68.4 Å². The highest BCUT2D eigenvalue weighted by atomic mass is 35.6. The normalized spacial score (nSPS) is 30.7. The molecule has 0 aromatic carbocycles. The summed E-state index contributed by atoms with van der Waals surface area (Å²) in [5.74, 6) is 5.43. The topological polar surface area (TPSA) is 177 Å². The van der Waals surface area contributed by atoms with Crippen LogP contribution in [0.5, 0.6) is 0 Å². The lowest BCUT2D eigenvalue weighted by atomic mass is 9.61. The van der Waals surface area contributed by atoms with E-state index in [0.29, 0.717) is 87.4 Å². The fourth-order valence-corrected chi connectivity index (χ4v) is 33.1. The van der Waals surface area contributed by atoms with Crippen LogP contribution in [0.25, 0.3) is 0 Å². The average Bonchev–Trinajstić information content (AvgIpc) is 1.67. The highest BCUT2D eigenvalue weighted by Crippen LogP contribution is 2.64. The molecule has 9 unspecified atom stereocenters. The molecule has 12 nitrogen and oxygen atoms in total. The van der Waals surface area contributed by atoms with Gasteiger partial charge in [0, 0.05) is 0 Å². The van der Waals surface area contributed by atoms with Crippen molar-refractivity contribution in [1.82, 2.24) is 0 Å². The molecule has 149 heavy (non-hydrogen) atoms. The van der Waals surface area contributed by atoms with Crippen molar-refractivity contribution in [1.29, 1.82) is 0 Å².